The molecule has 1 aromatic rings. The highest BCUT2D eigenvalue weighted by atomic mass is 35.5. The average molecular weight is 262 g/mol. The van der Waals surface area contributed by atoms with Gasteiger partial charge in [-0.05, 0) is 25.1 Å². The molecule has 0 aliphatic heterocycles. The Balaban J connectivity index is 2.47. The molecule has 0 fully saturated rings. The number of nitrogens with one attached hydrogen (secondary N) is 1. The van der Waals surface area contributed by atoms with Crippen LogP contribution in [0.4, 0.5) is 4.39 Å². The Morgan fingerprint density at radius 1 is 1.65 bits per heavy atom. The van der Waals surface area contributed by atoms with E-state index in [2.05, 4.69) is 5.32 Å². The predicted octanol–water partition coefficient (Wildman–Crippen LogP) is 1.35. The smallest absolute Gasteiger partial charge is 0.258 e. The van der Waals surface area contributed by atoms with E-state index in [0.717, 1.165) is 6.07 Å². The molecule has 2 N–H and O–H groups in total. The first-order chi connectivity index (χ1) is 8.02. The Labute approximate surface area is 103 Å². The van der Waals surface area contributed by atoms with Crippen LogP contribution >= 0.6 is 11.6 Å². The zero-order valence-corrected chi connectivity index (χ0v) is 10.00. The number of amides is 1. The maximum atomic E-state index is 12.7. The zero-order chi connectivity index (χ0) is 12.8. The molecule has 0 bridgehead atoms. The van der Waals surface area contributed by atoms with Crippen molar-refractivity contribution in [2.45, 2.75) is 13.0 Å². The Hall–Kier alpha value is -1.33. The minimum absolute atomic E-state index is 0.105. The van der Waals surface area contributed by atoms with Gasteiger partial charge in [0.2, 0.25) is 0 Å². The summed E-state index contributed by atoms with van der Waals surface area (Å²) in [5, 5.41) is 11.3. The summed E-state index contributed by atoms with van der Waals surface area (Å²) >= 11 is 5.71. The quantitative estimate of drug-likeness (QED) is 0.841. The van der Waals surface area contributed by atoms with Crippen LogP contribution in [0.2, 0.25) is 5.02 Å². The maximum absolute atomic E-state index is 12.7. The van der Waals surface area contributed by atoms with Gasteiger partial charge < -0.3 is 15.2 Å². The highest BCUT2D eigenvalue weighted by molar-refractivity contribution is 6.32. The van der Waals surface area contributed by atoms with Gasteiger partial charge in [-0.2, -0.15) is 0 Å². The molecule has 0 aliphatic carbocycles. The lowest BCUT2D eigenvalue weighted by Crippen LogP contribution is -2.38. The van der Waals surface area contributed by atoms with Crippen molar-refractivity contribution in [2.24, 2.45) is 0 Å². The third-order valence-corrected chi connectivity index (χ3v) is 2.23. The summed E-state index contributed by atoms with van der Waals surface area (Å²) in [6.07, 6.45) is 0. The second-order valence-electron chi connectivity index (χ2n) is 3.51. The van der Waals surface area contributed by atoms with Gasteiger partial charge in [0, 0.05) is 6.04 Å². The largest absolute Gasteiger partial charge is 0.482 e. The summed E-state index contributed by atoms with van der Waals surface area (Å²) in [6, 6.07) is 3.30. The van der Waals surface area contributed by atoms with Crippen LogP contribution in [0, 0.1) is 5.82 Å². The first-order valence-electron chi connectivity index (χ1n) is 5.01. The molecule has 0 spiro atoms. The van der Waals surface area contributed by atoms with Crippen LogP contribution in [0.25, 0.3) is 0 Å². The fraction of sp³-hybridized carbons (Fsp3) is 0.364. The molecular weight excluding hydrogens is 249 g/mol. The fourth-order valence-corrected chi connectivity index (χ4v) is 1.32. The van der Waals surface area contributed by atoms with Crippen LogP contribution in [-0.2, 0) is 4.79 Å². The van der Waals surface area contributed by atoms with Gasteiger partial charge in [0.15, 0.2) is 6.61 Å². The molecule has 1 atom stereocenters. The number of rotatable bonds is 5. The van der Waals surface area contributed by atoms with Gasteiger partial charge in [-0.1, -0.05) is 11.6 Å². The number of aliphatic hydroxyl groups excluding tert-OH is 1. The number of halogens is 2. The number of carbonyl (C=O) groups is 1. The molecular formula is C11H13ClFNO3. The van der Waals surface area contributed by atoms with E-state index >= 15 is 0 Å². The zero-order valence-electron chi connectivity index (χ0n) is 9.24. The van der Waals surface area contributed by atoms with Crippen molar-refractivity contribution in [1.82, 2.24) is 5.32 Å². The van der Waals surface area contributed by atoms with E-state index in [1.807, 2.05) is 0 Å². The van der Waals surface area contributed by atoms with E-state index < -0.39 is 5.82 Å². The number of hydrogen-bond donors (Lipinski definition) is 2. The highest BCUT2D eigenvalue weighted by Crippen LogP contribution is 2.24. The Kier molecular flexibility index (Phi) is 5.18. The van der Waals surface area contributed by atoms with Gasteiger partial charge in [-0.15, -0.1) is 0 Å². The number of hydrogen-bond acceptors (Lipinski definition) is 3. The van der Waals surface area contributed by atoms with Crippen LogP contribution in [0.3, 0.4) is 0 Å². The lowest BCUT2D eigenvalue weighted by Gasteiger charge is -2.12. The molecule has 1 aromatic carbocycles. The van der Waals surface area contributed by atoms with E-state index in [0.29, 0.717) is 0 Å². The topological polar surface area (TPSA) is 58.6 Å². The van der Waals surface area contributed by atoms with Gasteiger partial charge in [0.05, 0.1) is 11.6 Å². The minimum atomic E-state index is -0.472. The molecule has 0 aliphatic rings. The molecule has 1 rings (SSSR count). The summed E-state index contributed by atoms with van der Waals surface area (Å²) in [5.41, 5.74) is 0. The second-order valence-corrected chi connectivity index (χ2v) is 3.92. The Morgan fingerprint density at radius 3 is 2.94 bits per heavy atom. The first kappa shape index (κ1) is 13.7. The molecule has 17 heavy (non-hydrogen) atoms. The molecule has 0 unspecified atom stereocenters. The van der Waals surface area contributed by atoms with E-state index in [-0.39, 0.29) is 35.9 Å². The monoisotopic (exact) mass is 261 g/mol. The standard InChI is InChI=1S/C11H13ClFNO3/c1-7(5-15)14-11(16)6-17-10-3-2-8(13)4-9(10)12/h2-4,7,15H,5-6H2,1H3,(H,14,16)/t7-/m1/s1. The van der Waals surface area contributed by atoms with Crippen molar-refractivity contribution in [3.8, 4) is 5.75 Å². The third kappa shape index (κ3) is 4.58. The van der Waals surface area contributed by atoms with Crippen LogP contribution in [0.1, 0.15) is 6.92 Å². The summed E-state index contributed by atoms with van der Waals surface area (Å²) in [4.78, 5) is 11.3. The van der Waals surface area contributed by atoms with Crippen molar-refractivity contribution in [3.05, 3.63) is 29.0 Å². The summed E-state index contributed by atoms with van der Waals surface area (Å²) in [6.45, 7) is 1.27. The van der Waals surface area contributed by atoms with Gasteiger partial charge in [-0.3, -0.25) is 4.79 Å². The average Bonchev–Trinajstić information content (AvgIpc) is 2.27. The van der Waals surface area contributed by atoms with Crippen molar-refractivity contribution >= 4 is 17.5 Å². The second kappa shape index (κ2) is 6.42. The molecule has 0 saturated heterocycles. The first-order valence-corrected chi connectivity index (χ1v) is 5.38. The predicted molar refractivity (Wildman–Crippen MR) is 61.6 cm³/mol. The number of benzene rings is 1. The molecule has 94 valence electrons. The lowest BCUT2D eigenvalue weighted by molar-refractivity contribution is -0.123. The molecule has 4 nitrogen and oxygen atoms in total. The van der Waals surface area contributed by atoms with Crippen molar-refractivity contribution in [2.75, 3.05) is 13.2 Å². The number of ether oxygens (including phenoxy) is 1. The summed E-state index contributed by atoms with van der Waals surface area (Å²) in [7, 11) is 0. The Morgan fingerprint density at radius 2 is 2.35 bits per heavy atom. The van der Waals surface area contributed by atoms with Gasteiger partial charge in [0.25, 0.3) is 5.91 Å². The maximum Gasteiger partial charge on any atom is 0.258 e. The van der Waals surface area contributed by atoms with Crippen LogP contribution < -0.4 is 10.1 Å². The lowest BCUT2D eigenvalue weighted by atomic mass is 10.3. The minimum Gasteiger partial charge on any atom is -0.482 e. The van der Waals surface area contributed by atoms with Crippen molar-refractivity contribution in [3.63, 3.8) is 0 Å². The van der Waals surface area contributed by atoms with Gasteiger partial charge in [0.1, 0.15) is 11.6 Å². The molecule has 0 heterocycles. The molecule has 0 saturated carbocycles. The molecule has 0 aromatic heterocycles. The van der Waals surface area contributed by atoms with Crippen LogP contribution in [0.5, 0.6) is 5.75 Å². The normalized spacial score (nSPS) is 12.0. The van der Waals surface area contributed by atoms with Gasteiger partial charge in [-0.25, -0.2) is 4.39 Å². The van der Waals surface area contributed by atoms with Crippen LogP contribution in [-0.4, -0.2) is 30.3 Å². The fourth-order valence-electron chi connectivity index (χ4n) is 1.10. The molecule has 6 heteroatoms. The van der Waals surface area contributed by atoms with Crippen LogP contribution in [0.15, 0.2) is 18.2 Å². The number of aliphatic hydroxyl groups is 1. The summed E-state index contributed by atoms with van der Waals surface area (Å²) < 4.78 is 17.8. The molecule has 0 radical (unpaired) electrons. The van der Waals surface area contributed by atoms with Crippen molar-refractivity contribution < 1.29 is 19.0 Å². The third-order valence-electron chi connectivity index (χ3n) is 1.93. The number of carbonyl (C=O) groups excluding carboxylic acids is 1. The molecule has 1 amide bonds. The van der Waals surface area contributed by atoms with E-state index in [1.54, 1.807) is 6.92 Å². The summed E-state index contributed by atoms with van der Waals surface area (Å²) in [5.74, 6) is -0.618. The van der Waals surface area contributed by atoms with E-state index in [9.17, 15) is 9.18 Å². The van der Waals surface area contributed by atoms with Gasteiger partial charge >= 0.3 is 0 Å². The van der Waals surface area contributed by atoms with E-state index in [1.165, 1.54) is 12.1 Å². The SMILES string of the molecule is C[C@H](CO)NC(=O)COc1ccc(F)cc1Cl. The van der Waals surface area contributed by atoms with Crippen molar-refractivity contribution in [1.29, 1.82) is 0 Å². The Bertz CT molecular complexity index is 400. The highest BCUT2D eigenvalue weighted by Gasteiger charge is 2.08. The van der Waals surface area contributed by atoms with E-state index in [4.69, 9.17) is 21.4 Å².